The van der Waals surface area contributed by atoms with Gasteiger partial charge in [-0.15, -0.1) is 0 Å². The first-order valence-corrected chi connectivity index (χ1v) is 7.23. The zero-order valence-electron chi connectivity index (χ0n) is 8.06. The van der Waals surface area contributed by atoms with E-state index in [0.717, 1.165) is 0 Å². The highest BCUT2D eigenvalue weighted by atomic mass is 35.7. The summed E-state index contributed by atoms with van der Waals surface area (Å²) in [5.74, 6) is -0.279. The molecule has 2 saturated heterocycles. The van der Waals surface area contributed by atoms with E-state index in [9.17, 15) is 13.2 Å². The van der Waals surface area contributed by atoms with Crippen molar-refractivity contribution in [1.82, 2.24) is 4.90 Å². The summed E-state index contributed by atoms with van der Waals surface area (Å²) in [4.78, 5) is 13.2. The molecule has 2 aliphatic heterocycles. The topological polar surface area (TPSA) is 63.7 Å². The Bertz CT molecular complexity index is 365. The summed E-state index contributed by atoms with van der Waals surface area (Å²) in [6, 6.07) is 0.139. The largest absolute Gasteiger partial charge is 0.377 e. The molecule has 0 saturated carbocycles. The molecular weight excluding hydrogens is 242 g/mol. The minimum Gasteiger partial charge on any atom is -0.377 e. The van der Waals surface area contributed by atoms with Crippen LogP contribution in [0.25, 0.3) is 0 Å². The van der Waals surface area contributed by atoms with Gasteiger partial charge in [-0.05, 0) is 0 Å². The van der Waals surface area contributed by atoms with Crippen LogP contribution in [0.5, 0.6) is 0 Å². The lowest BCUT2D eigenvalue weighted by Crippen LogP contribution is -2.49. The first-order valence-electron chi connectivity index (χ1n) is 4.75. The Morgan fingerprint density at radius 3 is 2.60 bits per heavy atom. The van der Waals surface area contributed by atoms with Crippen LogP contribution in [0, 0.1) is 5.92 Å². The third-order valence-electron chi connectivity index (χ3n) is 2.73. The lowest BCUT2D eigenvalue weighted by Gasteiger charge is -2.34. The maximum atomic E-state index is 11.5. The van der Waals surface area contributed by atoms with Gasteiger partial charge >= 0.3 is 0 Å². The van der Waals surface area contributed by atoms with Gasteiger partial charge in [-0.2, -0.15) is 0 Å². The Kier molecular flexibility index (Phi) is 2.92. The van der Waals surface area contributed by atoms with E-state index in [1.807, 2.05) is 0 Å². The van der Waals surface area contributed by atoms with E-state index in [-0.39, 0.29) is 30.0 Å². The van der Waals surface area contributed by atoms with Crippen LogP contribution in [0.1, 0.15) is 6.42 Å². The highest BCUT2D eigenvalue weighted by Crippen LogP contribution is 2.25. The summed E-state index contributed by atoms with van der Waals surface area (Å²) in [5.41, 5.74) is 0. The van der Waals surface area contributed by atoms with Crippen LogP contribution < -0.4 is 0 Å². The Hall–Kier alpha value is -0.330. The number of carbonyl (C=O) groups excluding carboxylic acids is 1. The van der Waals surface area contributed by atoms with Crippen LogP contribution in [0.2, 0.25) is 0 Å². The summed E-state index contributed by atoms with van der Waals surface area (Å²) in [6.45, 7) is 1.61. The fourth-order valence-corrected chi connectivity index (χ4v) is 3.28. The SMILES string of the molecule is O=C1CC(CS(=O)(=O)Cl)CN1C1COC1. The first-order chi connectivity index (χ1) is 6.96. The van der Waals surface area contributed by atoms with Crippen LogP contribution in [0.3, 0.4) is 0 Å². The molecule has 86 valence electrons. The molecule has 2 rings (SSSR count). The number of halogens is 1. The molecule has 2 aliphatic rings. The van der Waals surface area contributed by atoms with Gasteiger partial charge in [0, 0.05) is 29.6 Å². The molecular formula is C8H12ClNO4S. The van der Waals surface area contributed by atoms with Gasteiger partial charge in [0.2, 0.25) is 15.0 Å². The molecule has 0 N–H and O–H groups in total. The molecule has 1 unspecified atom stereocenters. The quantitative estimate of drug-likeness (QED) is 0.654. The molecule has 7 heteroatoms. The fraction of sp³-hybridized carbons (Fsp3) is 0.875. The highest BCUT2D eigenvalue weighted by molar-refractivity contribution is 8.13. The lowest BCUT2D eigenvalue weighted by molar-refractivity contribution is -0.139. The number of nitrogens with zero attached hydrogens (tertiary/aromatic N) is 1. The zero-order valence-corrected chi connectivity index (χ0v) is 9.63. The zero-order chi connectivity index (χ0) is 11.1. The van der Waals surface area contributed by atoms with Crippen LogP contribution in [-0.2, 0) is 18.6 Å². The molecule has 0 radical (unpaired) electrons. The van der Waals surface area contributed by atoms with Crippen LogP contribution in [0.15, 0.2) is 0 Å². The van der Waals surface area contributed by atoms with E-state index < -0.39 is 9.05 Å². The third kappa shape index (κ3) is 2.62. The fourth-order valence-electron chi connectivity index (χ4n) is 1.96. The Labute approximate surface area is 92.7 Å². The van der Waals surface area contributed by atoms with Gasteiger partial charge in [0.15, 0.2) is 0 Å². The van der Waals surface area contributed by atoms with Gasteiger partial charge < -0.3 is 9.64 Å². The Morgan fingerprint density at radius 1 is 1.47 bits per heavy atom. The van der Waals surface area contributed by atoms with E-state index in [4.69, 9.17) is 15.4 Å². The van der Waals surface area contributed by atoms with E-state index in [0.29, 0.717) is 19.8 Å². The first kappa shape index (κ1) is 11.2. The number of hydrogen-bond acceptors (Lipinski definition) is 4. The van der Waals surface area contributed by atoms with Crippen molar-refractivity contribution >= 4 is 25.6 Å². The maximum Gasteiger partial charge on any atom is 0.232 e. The number of ether oxygens (including phenoxy) is 1. The van der Waals surface area contributed by atoms with Gasteiger partial charge in [-0.25, -0.2) is 8.42 Å². The van der Waals surface area contributed by atoms with E-state index in [2.05, 4.69) is 0 Å². The molecule has 0 spiro atoms. The molecule has 0 aromatic rings. The average Bonchev–Trinajstić information content (AvgIpc) is 2.24. The molecule has 0 aromatic carbocycles. The lowest BCUT2D eigenvalue weighted by atomic mass is 10.1. The molecule has 15 heavy (non-hydrogen) atoms. The number of rotatable bonds is 3. The van der Waals surface area contributed by atoms with E-state index in [1.165, 1.54) is 0 Å². The predicted octanol–water partition coefficient (Wildman–Crippen LogP) is -0.198. The van der Waals surface area contributed by atoms with Crippen LogP contribution in [0.4, 0.5) is 0 Å². The molecule has 1 atom stereocenters. The predicted molar refractivity (Wildman–Crippen MR) is 54.1 cm³/mol. The van der Waals surface area contributed by atoms with Crippen molar-refractivity contribution in [3.8, 4) is 0 Å². The number of hydrogen-bond donors (Lipinski definition) is 0. The number of amides is 1. The summed E-state index contributed by atoms with van der Waals surface area (Å²) in [6.07, 6.45) is 0.280. The number of carbonyl (C=O) groups is 1. The summed E-state index contributed by atoms with van der Waals surface area (Å²) in [7, 11) is 1.65. The molecule has 0 bridgehead atoms. The van der Waals surface area contributed by atoms with Gasteiger partial charge in [0.1, 0.15) is 0 Å². The molecule has 2 fully saturated rings. The minimum atomic E-state index is -3.51. The van der Waals surface area contributed by atoms with Gasteiger partial charge in [0.25, 0.3) is 0 Å². The van der Waals surface area contributed by atoms with Crippen LogP contribution >= 0.6 is 10.7 Å². The molecule has 2 heterocycles. The Morgan fingerprint density at radius 2 is 2.13 bits per heavy atom. The molecule has 0 aromatic heterocycles. The Balaban J connectivity index is 1.94. The van der Waals surface area contributed by atoms with Crippen molar-refractivity contribution in [3.05, 3.63) is 0 Å². The average molecular weight is 254 g/mol. The number of likely N-dealkylation sites (tertiary alicyclic amines) is 1. The summed E-state index contributed by atoms with van der Waals surface area (Å²) < 4.78 is 26.7. The van der Waals surface area contributed by atoms with Crippen molar-refractivity contribution in [1.29, 1.82) is 0 Å². The van der Waals surface area contributed by atoms with E-state index >= 15 is 0 Å². The maximum absolute atomic E-state index is 11.5. The second-order valence-corrected chi connectivity index (χ2v) is 6.83. The van der Waals surface area contributed by atoms with Gasteiger partial charge in [0.05, 0.1) is 25.0 Å². The normalized spacial score (nSPS) is 28.2. The van der Waals surface area contributed by atoms with Crippen molar-refractivity contribution in [2.75, 3.05) is 25.5 Å². The standard InChI is InChI=1S/C8H12ClNO4S/c9-15(12,13)5-6-1-8(11)10(2-6)7-3-14-4-7/h6-7H,1-5H2. The van der Waals surface area contributed by atoms with Crippen molar-refractivity contribution in [2.24, 2.45) is 5.92 Å². The molecule has 5 nitrogen and oxygen atoms in total. The van der Waals surface area contributed by atoms with Crippen molar-refractivity contribution in [3.63, 3.8) is 0 Å². The van der Waals surface area contributed by atoms with Gasteiger partial charge in [-0.3, -0.25) is 4.79 Å². The summed E-state index contributed by atoms with van der Waals surface area (Å²) in [5, 5.41) is 0. The monoisotopic (exact) mass is 253 g/mol. The molecule has 1 amide bonds. The van der Waals surface area contributed by atoms with Crippen LogP contribution in [-0.4, -0.2) is 50.8 Å². The minimum absolute atomic E-state index is 0.00798. The third-order valence-corrected chi connectivity index (χ3v) is 3.98. The van der Waals surface area contributed by atoms with Crippen molar-refractivity contribution < 1.29 is 17.9 Å². The van der Waals surface area contributed by atoms with E-state index in [1.54, 1.807) is 4.90 Å². The summed E-state index contributed by atoms with van der Waals surface area (Å²) >= 11 is 0. The molecule has 0 aliphatic carbocycles. The second kappa shape index (κ2) is 3.92. The second-order valence-electron chi connectivity index (χ2n) is 4.01. The van der Waals surface area contributed by atoms with Crippen molar-refractivity contribution in [2.45, 2.75) is 12.5 Å². The highest BCUT2D eigenvalue weighted by Gasteiger charge is 2.38. The smallest absolute Gasteiger partial charge is 0.232 e. The van der Waals surface area contributed by atoms with Gasteiger partial charge in [-0.1, -0.05) is 0 Å².